The number of anilines is 2. The summed E-state index contributed by atoms with van der Waals surface area (Å²) >= 11 is 6.09. The van der Waals surface area contributed by atoms with Crippen molar-refractivity contribution in [2.45, 2.75) is 24.7 Å². The van der Waals surface area contributed by atoms with Crippen molar-refractivity contribution in [3.8, 4) is 11.5 Å². The smallest absolute Gasteiger partial charge is 0.410 e. The molecule has 3 aliphatic heterocycles. The number of hydrogen-bond acceptors (Lipinski definition) is 6. The molecule has 0 bridgehead atoms. The van der Waals surface area contributed by atoms with Crippen molar-refractivity contribution in [3.05, 3.63) is 64.8 Å². The molecule has 0 radical (unpaired) electrons. The van der Waals surface area contributed by atoms with E-state index in [9.17, 15) is 18.0 Å². The Bertz CT molecular complexity index is 1340. The summed E-state index contributed by atoms with van der Waals surface area (Å²) in [6.45, 7) is 2.07. The Hall–Kier alpha value is -3.60. The molecule has 0 saturated carbocycles. The predicted molar refractivity (Wildman–Crippen MR) is 130 cm³/mol. The van der Waals surface area contributed by atoms with Crippen LogP contribution in [-0.2, 0) is 0 Å². The lowest BCUT2D eigenvalue weighted by atomic mass is 9.96. The summed E-state index contributed by atoms with van der Waals surface area (Å²) in [4.78, 5) is 17.0. The average molecular weight is 534 g/mol. The third-order valence-corrected chi connectivity index (χ3v) is 7.18. The molecule has 1 N–H and O–H groups in total. The minimum Gasteiger partial charge on any atom is -0.454 e. The van der Waals surface area contributed by atoms with Crippen molar-refractivity contribution < 1.29 is 27.4 Å². The van der Waals surface area contributed by atoms with Gasteiger partial charge in [-0.2, -0.15) is 18.3 Å². The molecular formula is C25H23ClF3N5O3. The van der Waals surface area contributed by atoms with E-state index in [-0.39, 0.29) is 24.7 Å². The van der Waals surface area contributed by atoms with Crippen molar-refractivity contribution >= 4 is 29.0 Å². The van der Waals surface area contributed by atoms with Crippen molar-refractivity contribution in [2.75, 3.05) is 43.2 Å². The van der Waals surface area contributed by atoms with Gasteiger partial charge in [0.25, 0.3) is 5.91 Å². The Labute approximate surface area is 215 Å². The number of aromatic nitrogens is 2. The van der Waals surface area contributed by atoms with Gasteiger partial charge >= 0.3 is 6.18 Å². The number of amides is 1. The van der Waals surface area contributed by atoms with E-state index in [0.717, 1.165) is 10.4 Å². The van der Waals surface area contributed by atoms with Crippen molar-refractivity contribution in [1.29, 1.82) is 0 Å². The molecule has 1 aromatic heterocycles. The summed E-state index contributed by atoms with van der Waals surface area (Å²) in [7, 11) is 0. The molecule has 0 unspecified atom stereocenters. The van der Waals surface area contributed by atoms with Crippen LogP contribution in [0.1, 0.15) is 34.6 Å². The maximum absolute atomic E-state index is 14.1. The summed E-state index contributed by atoms with van der Waals surface area (Å²) in [5.74, 6) is 0.808. The normalized spacial score (nSPS) is 21.0. The number of fused-ring (bicyclic) bond motifs is 2. The molecule has 8 nitrogen and oxygen atoms in total. The van der Waals surface area contributed by atoms with Gasteiger partial charge in [0.1, 0.15) is 5.82 Å². The van der Waals surface area contributed by atoms with Crippen LogP contribution in [-0.4, -0.2) is 59.7 Å². The third-order valence-electron chi connectivity index (χ3n) is 6.95. The number of piperazine rings is 1. The van der Waals surface area contributed by atoms with Crippen LogP contribution in [0.5, 0.6) is 11.5 Å². The molecule has 194 valence electrons. The van der Waals surface area contributed by atoms with Gasteiger partial charge in [-0.15, -0.1) is 0 Å². The number of benzene rings is 2. The fraction of sp³-hybridized carbons (Fsp3) is 0.360. The minimum atomic E-state index is -4.54. The maximum atomic E-state index is 14.1. The summed E-state index contributed by atoms with van der Waals surface area (Å²) < 4.78 is 53.8. The highest BCUT2D eigenvalue weighted by Gasteiger charge is 2.47. The first-order valence-electron chi connectivity index (χ1n) is 11.9. The number of alkyl halides is 3. The molecule has 12 heteroatoms. The third kappa shape index (κ3) is 4.52. The second-order valence-corrected chi connectivity index (χ2v) is 9.66. The highest BCUT2D eigenvalue weighted by atomic mass is 35.5. The second kappa shape index (κ2) is 9.05. The van der Waals surface area contributed by atoms with E-state index >= 15 is 0 Å². The lowest BCUT2D eigenvalue weighted by Crippen LogP contribution is -2.49. The Morgan fingerprint density at radius 3 is 2.57 bits per heavy atom. The Balaban J connectivity index is 1.21. The first-order valence-corrected chi connectivity index (χ1v) is 12.3. The summed E-state index contributed by atoms with van der Waals surface area (Å²) in [5.41, 5.74) is 1.58. The van der Waals surface area contributed by atoms with Crippen LogP contribution in [0.4, 0.5) is 24.7 Å². The quantitative estimate of drug-likeness (QED) is 0.517. The molecule has 2 aromatic carbocycles. The molecule has 6 rings (SSSR count). The maximum Gasteiger partial charge on any atom is 0.410 e. The molecule has 0 aliphatic carbocycles. The second-order valence-electron chi connectivity index (χ2n) is 9.22. The molecule has 3 aromatic rings. The average Bonchev–Trinajstić information content (AvgIpc) is 3.53. The van der Waals surface area contributed by atoms with Crippen LogP contribution >= 0.6 is 11.6 Å². The molecule has 1 saturated heterocycles. The number of nitrogens with zero attached hydrogens (tertiary/aromatic N) is 4. The van der Waals surface area contributed by atoms with E-state index in [1.54, 1.807) is 29.2 Å². The number of ether oxygens (including phenoxy) is 2. The van der Waals surface area contributed by atoms with Crippen molar-refractivity contribution in [3.63, 3.8) is 0 Å². The molecule has 37 heavy (non-hydrogen) atoms. The van der Waals surface area contributed by atoms with Crippen LogP contribution in [0.2, 0.25) is 5.02 Å². The summed E-state index contributed by atoms with van der Waals surface area (Å²) in [5, 5.41) is 7.88. The number of halogens is 4. The Morgan fingerprint density at radius 2 is 1.81 bits per heavy atom. The molecule has 1 amide bonds. The summed E-state index contributed by atoms with van der Waals surface area (Å²) in [6.07, 6.45) is -4.82. The zero-order valence-corrected chi connectivity index (χ0v) is 20.3. The first-order chi connectivity index (χ1) is 17.8. The first kappa shape index (κ1) is 23.8. The largest absolute Gasteiger partial charge is 0.454 e. The highest BCUT2D eigenvalue weighted by Crippen LogP contribution is 2.45. The zero-order chi connectivity index (χ0) is 25.7. The van der Waals surface area contributed by atoms with Crippen molar-refractivity contribution in [1.82, 2.24) is 14.7 Å². The van der Waals surface area contributed by atoms with Gasteiger partial charge in [-0.1, -0.05) is 23.7 Å². The molecule has 0 spiro atoms. The highest BCUT2D eigenvalue weighted by molar-refractivity contribution is 6.30. The van der Waals surface area contributed by atoms with Gasteiger partial charge in [-0.3, -0.25) is 4.79 Å². The molecule has 4 heterocycles. The van der Waals surface area contributed by atoms with Crippen LogP contribution in [0.15, 0.2) is 48.5 Å². The van der Waals surface area contributed by atoms with Crippen LogP contribution < -0.4 is 19.7 Å². The van der Waals surface area contributed by atoms with E-state index < -0.39 is 24.2 Å². The number of carbonyl (C=O) groups is 1. The van der Waals surface area contributed by atoms with Crippen LogP contribution in [0.25, 0.3) is 0 Å². The minimum absolute atomic E-state index is 0.0145. The van der Waals surface area contributed by atoms with E-state index in [4.69, 9.17) is 21.1 Å². The molecule has 2 atom stereocenters. The SMILES string of the molecule is O=C(c1cc2n(n1)[C@@H](C(F)(F)F)C[C@H](c1ccc3c(c1)OCO3)N2)N1CCN(c2cccc(Cl)c2)CC1. The predicted octanol–water partition coefficient (Wildman–Crippen LogP) is 4.89. The number of nitrogens with one attached hydrogen (secondary N) is 1. The Morgan fingerprint density at radius 1 is 1.03 bits per heavy atom. The fourth-order valence-electron chi connectivity index (χ4n) is 5.03. The monoisotopic (exact) mass is 533 g/mol. The summed E-state index contributed by atoms with van der Waals surface area (Å²) in [6, 6.07) is 11.5. The topological polar surface area (TPSA) is 71.9 Å². The lowest BCUT2D eigenvalue weighted by Gasteiger charge is -2.35. The van der Waals surface area contributed by atoms with Crippen LogP contribution in [0, 0.1) is 0 Å². The van der Waals surface area contributed by atoms with Gasteiger partial charge in [-0.25, -0.2) is 4.68 Å². The van der Waals surface area contributed by atoms with Gasteiger partial charge in [0.15, 0.2) is 23.2 Å². The van der Waals surface area contributed by atoms with Gasteiger partial charge in [0.2, 0.25) is 6.79 Å². The van der Waals surface area contributed by atoms with Gasteiger partial charge < -0.3 is 24.6 Å². The zero-order valence-electron chi connectivity index (χ0n) is 19.5. The van der Waals surface area contributed by atoms with Gasteiger partial charge in [0.05, 0.1) is 6.04 Å². The number of hydrogen-bond donors (Lipinski definition) is 1. The molecular weight excluding hydrogens is 511 g/mol. The van der Waals surface area contributed by atoms with E-state index in [0.29, 0.717) is 48.3 Å². The number of carbonyl (C=O) groups excluding carboxylic acids is 1. The fourth-order valence-corrected chi connectivity index (χ4v) is 5.21. The van der Waals surface area contributed by atoms with Gasteiger partial charge in [0, 0.05) is 49.4 Å². The Kier molecular flexibility index (Phi) is 5.82. The van der Waals surface area contributed by atoms with Crippen LogP contribution in [0.3, 0.4) is 0 Å². The number of rotatable bonds is 3. The molecule has 3 aliphatic rings. The van der Waals surface area contributed by atoms with Crippen molar-refractivity contribution in [2.24, 2.45) is 0 Å². The standard InChI is InChI=1S/C25H23ClF3N5O3/c26-16-2-1-3-17(11-16)32-6-8-33(9-7-32)24(35)19-13-23-30-18(12-22(25(27,28)29)34(23)31-19)15-4-5-20-21(10-15)37-14-36-20/h1-5,10-11,13,18,22,30H,6-9,12,14H2/t18-,22-/m1/s1. The van der Waals surface area contributed by atoms with Gasteiger partial charge in [-0.05, 0) is 35.9 Å². The van der Waals surface area contributed by atoms with E-state index in [2.05, 4.69) is 15.3 Å². The van der Waals surface area contributed by atoms with E-state index in [1.165, 1.54) is 6.07 Å². The lowest BCUT2D eigenvalue weighted by molar-refractivity contribution is -0.173. The van der Waals surface area contributed by atoms with E-state index in [1.807, 2.05) is 18.2 Å². The molecule has 1 fully saturated rings.